The summed E-state index contributed by atoms with van der Waals surface area (Å²) in [5.74, 6) is 0. The van der Waals surface area contributed by atoms with Crippen molar-refractivity contribution in [1.82, 2.24) is 4.98 Å². The Morgan fingerprint density at radius 2 is 1.71 bits per heavy atom. The van der Waals surface area contributed by atoms with Gasteiger partial charge in [0.25, 0.3) is 0 Å². The fourth-order valence-electron chi connectivity index (χ4n) is 1.74. The van der Waals surface area contributed by atoms with E-state index in [1.54, 1.807) is 0 Å². The Labute approximate surface area is 102 Å². The van der Waals surface area contributed by atoms with Gasteiger partial charge < -0.3 is 10.2 Å². The lowest BCUT2D eigenvalue weighted by Crippen LogP contribution is -2.16. The van der Waals surface area contributed by atoms with Crippen LogP contribution in [-0.4, -0.2) is 19.1 Å². The Morgan fingerprint density at radius 1 is 1.06 bits per heavy atom. The fourth-order valence-corrected chi connectivity index (χ4v) is 1.74. The zero-order valence-electron chi connectivity index (χ0n) is 10.2. The van der Waals surface area contributed by atoms with Crippen molar-refractivity contribution < 1.29 is 0 Å². The summed E-state index contributed by atoms with van der Waals surface area (Å²) < 4.78 is 0. The van der Waals surface area contributed by atoms with Gasteiger partial charge in [0.2, 0.25) is 0 Å². The van der Waals surface area contributed by atoms with Crippen LogP contribution in [0.2, 0.25) is 0 Å². The van der Waals surface area contributed by atoms with Gasteiger partial charge in [-0.05, 0) is 42.0 Å². The molecular formula is C14H17N3. The maximum atomic E-state index is 4.02. The normalized spacial score (nSPS) is 10.0. The van der Waals surface area contributed by atoms with E-state index in [4.69, 9.17) is 0 Å². The predicted octanol–water partition coefficient (Wildman–Crippen LogP) is 2.76. The molecule has 3 heteroatoms. The number of rotatable bonds is 4. The number of anilines is 2. The minimum atomic E-state index is 0.890. The van der Waals surface area contributed by atoms with Gasteiger partial charge >= 0.3 is 0 Å². The van der Waals surface area contributed by atoms with Crippen LogP contribution in [0.25, 0.3) is 0 Å². The summed E-state index contributed by atoms with van der Waals surface area (Å²) >= 11 is 0. The van der Waals surface area contributed by atoms with Crippen molar-refractivity contribution in [3.63, 3.8) is 0 Å². The highest BCUT2D eigenvalue weighted by Gasteiger charge is 2.01. The Bertz CT molecular complexity index is 451. The van der Waals surface area contributed by atoms with E-state index < -0.39 is 0 Å². The first-order chi connectivity index (χ1) is 8.29. The maximum Gasteiger partial charge on any atom is 0.0427 e. The second-order valence-corrected chi connectivity index (χ2v) is 4.01. The molecule has 0 spiro atoms. The van der Waals surface area contributed by atoms with E-state index in [1.807, 2.05) is 31.6 Å². The summed E-state index contributed by atoms with van der Waals surface area (Å²) in [6.45, 7) is 0.890. The second-order valence-electron chi connectivity index (χ2n) is 4.01. The molecule has 3 nitrogen and oxygen atoms in total. The van der Waals surface area contributed by atoms with E-state index in [0.29, 0.717) is 0 Å². The van der Waals surface area contributed by atoms with Gasteiger partial charge in [0.05, 0.1) is 0 Å². The minimum Gasteiger partial charge on any atom is -0.388 e. The molecule has 88 valence electrons. The third-order valence-corrected chi connectivity index (χ3v) is 2.77. The first kappa shape index (κ1) is 11.5. The third kappa shape index (κ3) is 2.97. The van der Waals surface area contributed by atoms with Gasteiger partial charge in [0.1, 0.15) is 0 Å². The van der Waals surface area contributed by atoms with Gasteiger partial charge in [-0.1, -0.05) is 0 Å². The number of pyridine rings is 1. The molecule has 1 aromatic carbocycles. The Hall–Kier alpha value is -2.03. The predicted molar refractivity (Wildman–Crippen MR) is 72.3 cm³/mol. The van der Waals surface area contributed by atoms with Crippen LogP contribution in [0.15, 0.2) is 48.8 Å². The Balaban J connectivity index is 2.06. The second kappa shape index (κ2) is 5.34. The maximum absolute atomic E-state index is 4.02. The molecule has 1 aromatic heterocycles. The summed E-state index contributed by atoms with van der Waals surface area (Å²) in [5, 5.41) is 3.12. The van der Waals surface area contributed by atoms with Crippen molar-refractivity contribution >= 4 is 11.4 Å². The molecule has 0 unspecified atom stereocenters. The van der Waals surface area contributed by atoms with Crippen LogP contribution in [0.1, 0.15) is 5.56 Å². The van der Waals surface area contributed by atoms with Gasteiger partial charge in [-0.25, -0.2) is 0 Å². The lowest BCUT2D eigenvalue weighted by Gasteiger charge is -2.19. The van der Waals surface area contributed by atoms with Crippen molar-refractivity contribution in [3.8, 4) is 0 Å². The highest BCUT2D eigenvalue weighted by Crippen LogP contribution is 2.18. The van der Waals surface area contributed by atoms with Crippen molar-refractivity contribution in [3.05, 3.63) is 54.4 Å². The lowest BCUT2D eigenvalue weighted by molar-refractivity contribution is 0.920. The number of nitrogens with zero attached hydrogens (tertiary/aromatic N) is 2. The molecule has 1 N–H and O–H groups in total. The van der Waals surface area contributed by atoms with Crippen molar-refractivity contribution in [2.45, 2.75) is 6.54 Å². The van der Waals surface area contributed by atoms with Crippen LogP contribution >= 0.6 is 0 Å². The monoisotopic (exact) mass is 227 g/mol. The molecule has 0 atom stereocenters. The first-order valence-corrected chi connectivity index (χ1v) is 5.67. The van der Waals surface area contributed by atoms with Crippen LogP contribution in [0.3, 0.4) is 0 Å². The van der Waals surface area contributed by atoms with E-state index in [0.717, 1.165) is 12.2 Å². The van der Waals surface area contributed by atoms with Crippen LogP contribution in [-0.2, 0) is 6.54 Å². The average molecular weight is 227 g/mol. The van der Waals surface area contributed by atoms with Crippen molar-refractivity contribution in [1.29, 1.82) is 0 Å². The van der Waals surface area contributed by atoms with E-state index in [2.05, 4.69) is 46.5 Å². The van der Waals surface area contributed by atoms with Crippen LogP contribution in [0, 0.1) is 0 Å². The number of nitrogens with one attached hydrogen (secondary N) is 1. The number of benzene rings is 1. The van der Waals surface area contributed by atoms with Crippen molar-refractivity contribution in [2.24, 2.45) is 0 Å². The summed E-state index contributed by atoms with van der Waals surface area (Å²) in [4.78, 5) is 6.24. The standard InChI is InChI=1S/C14H17N3/c1-15-13-3-5-14(6-4-13)17(2)11-12-7-9-16-10-8-12/h3-10,15H,11H2,1-2H3. The van der Waals surface area contributed by atoms with Gasteiger partial charge in [-0.3, -0.25) is 4.98 Å². The minimum absolute atomic E-state index is 0.890. The topological polar surface area (TPSA) is 28.2 Å². The van der Waals surface area contributed by atoms with Gasteiger partial charge in [-0.2, -0.15) is 0 Å². The molecule has 0 fully saturated rings. The molecule has 0 radical (unpaired) electrons. The molecule has 0 saturated heterocycles. The molecular weight excluding hydrogens is 210 g/mol. The summed E-state index contributed by atoms with van der Waals surface area (Å²) in [5.41, 5.74) is 3.60. The Morgan fingerprint density at radius 3 is 2.29 bits per heavy atom. The number of aromatic nitrogens is 1. The average Bonchev–Trinajstić information content (AvgIpc) is 2.40. The van der Waals surface area contributed by atoms with E-state index in [-0.39, 0.29) is 0 Å². The highest BCUT2D eigenvalue weighted by molar-refractivity contribution is 5.54. The quantitative estimate of drug-likeness (QED) is 0.870. The zero-order chi connectivity index (χ0) is 12.1. The highest BCUT2D eigenvalue weighted by atomic mass is 15.1. The van der Waals surface area contributed by atoms with E-state index in [1.165, 1.54) is 11.3 Å². The molecule has 0 saturated carbocycles. The molecule has 0 aliphatic heterocycles. The van der Waals surface area contributed by atoms with E-state index >= 15 is 0 Å². The molecule has 17 heavy (non-hydrogen) atoms. The fraction of sp³-hybridized carbons (Fsp3) is 0.214. The van der Waals surface area contributed by atoms with Crippen LogP contribution in [0.5, 0.6) is 0 Å². The Kier molecular flexibility index (Phi) is 3.60. The van der Waals surface area contributed by atoms with Gasteiger partial charge in [0, 0.05) is 44.4 Å². The lowest BCUT2D eigenvalue weighted by atomic mass is 10.2. The SMILES string of the molecule is CNc1ccc(N(C)Cc2ccncc2)cc1. The number of hydrogen-bond acceptors (Lipinski definition) is 3. The van der Waals surface area contributed by atoms with Crippen LogP contribution < -0.4 is 10.2 Å². The first-order valence-electron chi connectivity index (χ1n) is 5.67. The molecule has 2 aromatic rings. The van der Waals surface area contributed by atoms with Gasteiger partial charge in [-0.15, -0.1) is 0 Å². The largest absolute Gasteiger partial charge is 0.388 e. The van der Waals surface area contributed by atoms with E-state index in [9.17, 15) is 0 Å². The summed E-state index contributed by atoms with van der Waals surface area (Å²) in [7, 11) is 4.02. The van der Waals surface area contributed by atoms with Crippen molar-refractivity contribution in [2.75, 3.05) is 24.3 Å². The molecule has 0 aliphatic rings. The summed E-state index contributed by atoms with van der Waals surface area (Å²) in [6.07, 6.45) is 3.65. The molecule has 1 heterocycles. The summed E-state index contributed by atoms with van der Waals surface area (Å²) in [6, 6.07) is 12.5. The third-order valence-electron chi connectivity index (χ3n) is 2.77. The molecule has 0 aliphatic carbocycles. The molecule has 2 rings (SSSR count). The van der Waals surface area contributed by atoms with Crippen LogP contribution in [0.4, 0.5) is 11.4 Å². The zero-order valence-corrected chi connectivity index (χ0v) is 10.2. The molecule has 0 bridgehead atoms. The smallest absolute Gasteiger partial charge is 0.0427 e. The molecule has 0 amide bonds. The number of hydrogen-bond donors (Lipinski definition) is 1. The van der Waals surface area contributed by atoms with Gasteiger partial charge in [0.15, 0.2) is 0 Å².